The van der Waals surface area contributed by atoms with Crippen LogP contribution in [-0.2, 0) is 19.2 Å². The van der Waals surface area contributed by atoms with E-state index >= 15 is 0 Å². The van der Waals surface area contributed by atoms with Crippen LogP contribution in [0.3, 0.4) is 0 Å². The van der Waals surface area contributed by atoms with Gasteiger partial charge in [0.25, 0.3) is 0 Å². The summed E-state index contributed by atoms with van der Waals surface area (Å²) in [4.78, 5) is 54.9. The number of esters is 1. The zero-order chi connectivity index (χ0) is 25.3. The number of carbonyl (C=O) groups excluding carboxylic acids is 4. The highest BCUT2D eigenvalue weighted by Gasteiger charge is 2.61. The van der Waals surface area contributed by atoms with Gasteiger partial charge in [0.05, 0.1) is 29.1 Å². The Labute approximate surface area is 214 Å². The standard InChI is InChI=1S/C30H26N2O5/c33-25-15-20(16-31(25)24-7-3-5-17-4-1-2-6-23(17)24)30(36)37-22-12-10-21(11-13-22)32-28(34)26-18-8-9-19(14-18)27(26)29(32)35/h1-7,10-13,18-20,26-27H,8-9,14-16H2/t18-,19-,20+,26+,27+/m0/s1. The van der Waals surface area contributed by atoms with Gasteiger partial charge in [-0.2, -0.15) is 0 Å². The first-order valence-electron chi connectivity index (χ1n) is 13.0. The van der Waals surface area contributed by atoms with Crippen LogP contribution in [0.15, 0.2) is 66.7 Å². The molecule has 2 heterocycles. The average molecular weight is 495 g/mol. The quantitative estimate of drug-likeness (QED) is 0.306. The number of carbonyl (C=O) groups is 4. The second-order valence-electron chi connectivity index (χ2n) is 10.7. The number of hydrogen-bond donors (Lipinski definition) is 0. The molecule has 2 aliphatic carbocycles. The van der Waals surface area contributed by atoms with E-state index in [4.69, 9.17) is 4.74 Å². The molecule has 37 heavy (non-hydrogen) atoms. The Kier molecular flexibility index (Phi) is 4.96. The summed E-state index contributed by atoms with van der Waals surface area (Å²) in [6.45, 7) is 0.256. The van der Waals surface area contributed by atoms with Crippen molar-refractivity contribution in [1.29, 1.82) is 0 Å². The van der Waals surface area contributed by atoms with Gasteiger partial charge in [-0.15, -0.1) is 0 Å². The molecular weight excluding hydrogens is 468 g/mol. The maximum atomic E-state index is 13.1. The minimum absolute atomic E-state index is 0.0853. The summed E-state index contributed by atoms with van der Waals surface area (Å²) < 4.78 is 5.60. The zero-order valence-electron chi connectivity index (χ0n) is 20.2. The molecule has 0 aromatic heterocycles. The number of imide groups is 1. The molecule has 3 aromatic carbocycles. The molecule has 2 saturated carbocycles. The Balaban J connectivity index is 1.05. The van der Waals surface area contributed by atoms with Crippen molar-refractivity contribution in [3.05, 3.63) is 66.7 Å². The molecule has 0 spiro atoms. The van der Waals surface area contributed by atoms with Crippen molar-refractivity contribution in [3.8, 4) is 5.75 Å². The third-order valence-electron chi connectivity index (χ3n) is 8.76. The Morgan fingerprint density at radius 2 is 1.49 bits per heavy atom. The highest BCUT2D eigenvalue weighted by atomic mass is 16.5. The molecule has 3 amide bonds. The van der Waals surface area contributed by atoms with E-state index in [1.54, 1.807) is 29.2 Å². The van der Waals surface area contributed by atoms with Crippen molar-refractivity contribution in [2.75, 3.05) is 16.3 Å². The van der Waals surface area contributed by atoms with Crippen LogP contribution in [0.2, 0.25) is 0 Å². The van der Waals surface area contributed by atoms with Crippen LogP contribution in [-0.4, -0.2) is 30.2 Å². The van der Waals surface area contributed by atoms with E-state index in [1.165, 1.54) is 4.90 Å². The smallest absolute Gasteiger partial charge is 0.316 e. The Morgan fingerprint density at radius 3 is 2.22 bits per heavy atom. The molecule has 7 nitrogen and oxygen atoms in total. The third-order valence-corrected chi connectivity index (χ3v) is 8.76. The first-order valence-corrected chi connectivity index (χ1v) is 13.0. The van der Waals surface area contributed by atoms with Gasteiger partial charge in [-0.3, -0.25) is 24.1 Å². The molecule has 3 aromatic rings. The van der Waals surface area contributed by atoms with Gasteiger partial charge in [-0.25, -0.2) is 0 Å². The first-order chi connectivity index (χ1) is 18.0. The molecule has 0 N–H and O–H groups in total. The summed E-state index contributed by atoms with van der Waals surface area (Å²) in [7, 11) is 0. The van der Waals surface area contributed by atoms with Crippen molar-refractivity contribution in [3.63, 3.8) is 0 Å². The summed E-state index contributed by atoms with van der Waals surface area (Å²) in [6, 6.07) is 20.2. The lowest BCUT2D eigenvalue weighted by Gasteiger charge is -2.19. The molecule has 7 heteroatoms. The number of nitrogens with zero attached hydrogens (tertiary/aromatic N) is 2. The van der Waals surface area contributed by atoms with Gasteiger partial charge in [0.1, 0.15) is 5.75 Å². The van der Waals surface area contributed by atoms with Gasteiger partial charge in [0, 0.05) is 18.4 Å². The molecule has 2 saturated heterocycles. The zero-order valence-corrected chi connectivity index (χ0v) is 20.2. The van der Waals surface area contributed by atoms with Crippen LogP contribution in [0.1, 0.15) is 25.7 Å². The lowest BCUT2D eigenvalue weighted by Crippen LogP contribution is -2.32. The highest BCUT2D eigenvalue weighted by molar-refractivity contribution is 6.22. The van der Waals surface area contributed by atoms with E-state index in [-0.39, 0.29) is 42.5 Å². The van der Waals surface area contributed by atoms with E-state index in [9.17, 15) is 19.2 Å². The number of ether oxygens (including phenoxy) is 1. The Hall–Kier alpha value is -4.00. The SMILES string of the molecule is O=C(Oc1ccc(N2C(=O)[C@@H]3[C@H]4CC[C@@H](C4)[C@H]3C2=O)cc1)[C@@H]1CC(=O)N(c2cccc3ccccc23)C1. The van der Waals surface area contributed by atoms with Crippen LogP contribution in [0, 0.1) is 29.6 Å². The van der Waals surface area contributed by atoms with Gasteiger partial charge in [0.2, 0.25) is 17.7 Å². The maximum Gasteiger partial charge on any atom is 0.316 e. The predicted molar refractivity (Wildman–Crippen MR) is 137 cm³/mol. The fraction of sp³-hybridized carbons (Fsp3) is 0.333. The van der Waals surface area contributed by atoms with Gasteiger partial charge < -0.3 is 9.64 Å². The average Bonchev–Trinajstić information content (AvgIpc) is 3.68. The van der Waals surface area contributed by atoms with Crippen molar-refractivity contribution in [2.24, 2.45) is 29.6 Å². The molecule has 4 fully saturated rings. The molecule has 7 rings (SSSR count). The number of benzene rings is 3. The summed E-state index contributed by atoms with van der Waals surface area (Å²) >= 11 is 0. The molecule has 5 atom stereocenters. The molecule has 2 aliphatic heterocycles. The van der Waals surface area contributed by atoms with Gasteiger partial charge in [-0.1, -0.05) is 36.4 Å². The van der Waals surface area contributed by atoms with E-state index in [1.807, 2.05) is 42.5 Å². The minimum atomic E-state index is -0.581. The molecule has 2 bridgehead atoms. The number of anilines is 2. The molecule has 0 unspecified atom stereocenters. The predicted octanol–water partition coefficient (Wildman–Crippen LogP) is 4.33. The highest BCUT2D eigenvalue weighted by Crippen LogP contribution is 2.56. The van der Waals surface area contributed by atoms with Gasteiger partial charge in [-0.05, 0) is 66.8 Å². The molecule has 186 valence electrons. The Bertz CT molecular complexity index is 1430. The number of hydrogen-bond acceptors (Lipinski definition) is 5. The van der Waals surface area contributed by atoms with Gasteiger partial charge in [0.15, 0.2) is 0 Å². The van der Waals surface area contributed by atoms with Crippen LogP contribution in [0.5, 0.6) is 5.75 Å². The summed E-state index contributed by atoms with van der Waals surface area (Å²) in [6.07, 6.45) is 3.16. The van der Waals surface area contributed by atoms with Crippen LogP contribution >= 0.6 is 0 Å². The van der Waals surface area contributed by atoms with Crippen LogP contribution in [0.25, 0.3) is 10.8 Å². The second-order valence-corrected chi connectivity index (χ2v) is 10.7. The van der Waals surface area contributed by atoms with Crippen molar-refractivity contribution >= 4 is 45.8 Å². The largest absolute Gasteiger partial charge is 0.426 e. The Morgan fingerprint density at radius 1 is 0.811 bits per heavy atom. The second kappa shape index (κ2) is 8.26. The fourth-order valence-corrected chi connectivity index (χ4v) is 7.07. The molecular formula is C30H26N2O5. The fourth-order valence-electron chi connectivity index (χ4n) is 7.07. The summed E-state index contributed by atoms with van der Waals surface area (Å²) in [5.41, 5.74) is 1.31. The molecule has 0 radical (unpaired) electrons. The van der Waals surface area contributed by atoms with Crippen molar-refractivity contribution in [1.82, 2.24) is 0 Å². The lowest BCUT2D eigenvalue weighted by atomic mass is 9.81. The summed E-state index contributed by atoms with van der Waals surface area (Å²) in [5, 5.41) is 2.00. The normalized spacial score (nSPS) is 28.4. The number of rotatable bonds is 4. The van der Waals surface area contributed by atoms with Crippen molar-refractivity contribution in [2.45, 2.75) is 25.7 Å². The minimum Gasteiger partial charge on any atom is -0.426 e. The lowest BCUT2D eigenvalue weighted by molar-refractivity contribution is -0.139. The number of fused-ring (bicyclic) bond motifs is 6. The van der Waals surface area contributed by atoms with Crippen LogP contribution in [0.4, 0.5) is 11.4 Å². The third kappa shape index (κ3) is 3.40. The van der Waals surface area contributed by atoms with Crippen LogP contribution < -0.4 is 14.5 Å². The van der Waals surface area contributed by atoms with E-state index in [2.05, 4.69) is 0 Å². The van der Waals surface area contributed by atoms with E-state index in [0.29, 0.717) is 23.3 Å². The van der Waals surface area contributed by atoms with Crippen molar-refractivity contribution < 1.29 is 23.9 Å². The summed E-state index contributed by atoms with van der Waals surface area (Å²) in [5.74, 6) is -0.704. The monoisotopic (exact) mass is 494 g/mol. The molecule has 4 aliphatic rings. The topological polar surface area (TPSA) is 84.0 Å². The van der Waals surface area contributed by atoms with Gasteiger partial charge >= 0.3 is 5.97 Å². The van der Waals surface area contributed by atoms with E-state index < -0.39 is 11.9 Å². The first kappa shape index (κ1) is 22.2. The number of amides is 3. The van der Waals surface area contributed by atoms with E-state index in [0.717, 1.165) is 35.7 Å². The maximum absolute atomic E-state index is 13.1.